The summed E-state index contributed by atoms with van der Waals surface area (Å²) in [5.41, 5.74) is -0.541. The van der Waals surface area contributed by atoms with E-state index in [9.17, 15) is 18.3 Å². The van der Waals surface area contributed by atoms with Gasteiger partial charge in [0.1, 0.15) is 18.5 Å². The second kappa shape index (κ2) is 11.4. The fourth-order valence-electron chi connectivity index (χ4n) is 3.28. The Bertz CT molecular complexity index is 662. The van der Waals surface area contributed by atoms with E-state index in [4.69, 9.17) is 9.47 Å². The monoisotopic (exact) mass is 431 g/mol. The molecule has 9 heteroatoms. The standard InChI is InChI=1S/C21H32F3N3O3/c1-3-25-19(27-15-20(9-4-10-20)11-12-29-2)26-13-17(28)14-30-18-7-5-16(6-8-18)21(22,23)24/h5-8,17,28H,3-4,9-15H2,1-2H3,(H2,25,26,27). The molecule has 0 saturated heterocycles. The van der Waals surface area contributed by atoms with Crippen LogP contribution in [0.1, 0.15) is 38.2 Å². The van der Waals surface area contributed by atoms with Gasteiger partial charge >= 0.3 is 6.18 Å². The number of aliphatic hydroxyl groups excluding tert-OH is 1. The first-order valence-corrected chi connectivity index (χ1v) is 10.3. The summed E-state index contributed by atoms with van der Waals surface area (Å²) in [6.07, 6.45) is -0.751. The molecule has 3 N–H and O–H groups in total. The van der Waals surface area contributed by atoms with Gasteiger partial charge in [0.25, 0.3) is 0 Å². The van der Waals surface area contributed by atoms with E-state index in [1.807, 2.05) is 6.92 Å². The fourth-order valence-corrected chi connectivity index (χ4v) is 3.28. The lowest BCUT2D eigenvalue weighted by Crippen LogP contribution is -2.44. The summed E-state index contributed by atoms with van der Waals surface area (Å²) in [5.74, 6) is 0.891. The smallest absolute Gasteiger partial charge is 0.416 e. The molecule has 1 aliphatic carbocycles. The predicted molar refractivity (Wildman–Crippen MR) is 110 cm³/mol. The normalized spacial score (nSPS) is 17.2. The lowest BCUT2D eigenvalue weighted by atomic mass is 9.67. The molecule has 0 aliphatic heterocycles. The molecule has 0 amide bonds. The number of guanidine groups is 1. The third-order valence-electron chi connectivity index (χ3n) is 5.30. The van der Waals surface area contributed by atoms with E-state index in [1.165, 1.54) is 18.6 Å². The van der Waals surface area contributed by atoms with Crippen LogP contribution in [0.25, 0.3) is 0 Å². The molecule has 0 bridgehead atoms. The number of nitrogens with one attached hydrogen (secondary N) is 2. The Labute approximate surface area is 175 Å². The number of benzene rings is 1. The molecular weight excluding hydrogens is 399 g/mol. The number of methoxy groups -OCH3 is 1. The average molecular weight is 431 g/mol. The lowest BCUT2D eigenvalue weighted by molar-refractivity contribution is -0.137. The quantitative estimate of drug-likeness (QED) is 0.371. The summed E-state index contributed by atoms with van der Waals surface area (Å²) in [6, 6.07) is 4.39. The molecule has 0 heterocycles. The van der Waals surface area contributed by atoms with Crippen molar-refractivity contribution in [1.82, 2.24) is 10.6 Å². The molecular formula is C21H32F3N3O3. The van der Waals surface area contributed by atoms with Gasteiger partial charge in [-0.15, -0.1) is 0 Å². The number of hydrogen-bond donors (Lipinski definition) is 3. The number of aliphatic hydroxyl groups is 1. The van der Waals surface area contributed by atoms with Crippen LogP contribution >= 0.6 is 0 Å². The maximum absolute atomic E-state index is 12.6. The van der Waals surface area contributed by atoms with E-state index in [0.29, 0.717) is 19.0 Å². The van der Waals surface area contributed by atoms with E-state index >= 15 is 0 Å². The van der Waals surface area contributed by atoms with Gasteiger partial charge in [-0.25, -0.2) is 0 Å². The fraction of sp³-hybridized carbons (Fsp3) is 0.667. The van der Waals surface area contributed by atoms with E-state index in [1.54, 1.807) is 7.11 Å². The first-order valence-electron chi connectivity index (χ1n) is 10.3. The molecule has 6 nitrogen and oxygen atoms in total. The Hall–Kier alpha value is -2.00. The molecule has 2 rings (SSSR count). The second-order valence-corrected chi connectivity index (χ2v) is 7.66. The van der Waals surface area contributed by atoms with Crippen molar-refractivity contribution in [3.8, 4) is 5.75 Å². The van der Waals surface area contributed by atoms with E-state index in [-0.39, 0.29) is 24.3 Å². The van der Waals surface area contributed by atoms with Gasteiger partial charge in [-0.1, -0.05) is 6.42 Å². The van der Waals surface area contributed by atoms with Crippen LogP contribution in [0.5, 0.6) is 5.75 Å². The second-order valence-electron chi connectivity index (χ2n) is 7.66. The summed E-state index contributed by atoms with van der Waals surface area (Å²) in [6.45, 7) is 4.23. The topological polar surface area (TPSA) is 75.1 Å². The molecule has 0 spiro atoms. The van der Waals surface area contributed by atoms with E-state index < -0.39 is 17.8 Å². The van der Waals surface area contributed by atoms with Gasteiger partial charge in [-0.2, -0.15) is 13.2 Å². The zero-order valence-corrected chi connectivity index (χ0v) is 17.6. The van der Waals surface area contributed by atoms with Gasteiger partial charge in [0.2, 0.25) is 0 Å². The first-order chi connectivity index (χ1) is 14.3. The minimum absolute atomic E-state index is 0.0461. The van der Waals surface area contributed by atoms with Crippen LogP contribution in [0.3, 0.4) is 0 Å². The maximum atomic E-state index is 12.6. The molecule has 1 aliphatic rings. The van der Waals surface area contributed by atoms with Crippen molar-refractivity contribution < 1.29 is 27.8 Å². The minimum Gasteiger partial charge on any atom is -0.491 e. The van der Waals surface area contributed by atoms with Crippen LogP contribution < -0.4 is 15.4 Å². The SMILES string of the molecule is CCNC(=NCC1(CCOC)CCC1)NCC(O)COc1ccc(C(F)(F)F)cc1. The van der Waals surface area contributed by atoms with Crippen LogP contribution in [-0.2, 0) is 10.9 Å². The van der Waals surface area contributed by atoms with Gasteiger partial charge in [-0.05, 0) is 55.9 Å². The highest BCUT2D eigenvalue weighted by Crippen LogP contribution is 2.44. The van der Waals surface area contributed by atoms with Crippen LogP contribution in [0.2, 0.25) is 0 Å². The number of aliphatic imine (C=N–C) groups is 1. The molecule has 1 unspecified atom stereocenters. The average Bonchev–Trinajstić information content (AvgIpc) is 2.69. The third-order valence-corrected chi connectivity index (χ3v) is 5.30. The van der Waals surface area contributed by atoms with Crippen molar-refractivity contribution >= 4 is 5.96 Å². The van der Waals surface area contributed by atoms with Gasteiger partial charge in [-0.3, -0.25) is 4.99 Å². The Kier molecular flexibility index (Phi) is 9.23. The molecule has 1 saturated carbocycles. The molecule has 30 heavy (non-hydrogen) atoms. The third kappa shape index (κ3) is 7.68. The Morgan fingerprint density at radius 3 is 2.47 bits per heavy atom. The van der Waals surface area contributed by atoms with E-state index in [2.05, 4.69) is 15.6 Å². The van der Waals surface area contributed by atoms with Crippen molar-refractivity contribution in [2.75, 3.05) is 40.0 Å². The van der Waals surface area contributed by atoms with Crippen molar-refractivity contribution in [2.24, 2.45) is 10.4 Å². The zero-order valence-electron chi connectivity index (χ0n) is 17.6. The molecule has 1 fully saturated rings. The van der Waals surface area contributed by atoms with E-state index in [0.717, 1.165) is 38.0 Å². The summed E-state index contributed by atoms with van der Waals surface area (Å²) in [4.78, 5) is 4.66. The van der Waals surface area contributed by atoms with Gasteiger partial charge in [0.15, 0.2) is 5.96 Å². The van der Waals surface area contributed by atoms with Gasteiger partial charge in [0, 0.05) is 33.4 Å². The van der Waals surface area contributed by atoms with Crippen LogP contribution in [0.4, 0.5) is 13.2 Å². The van der Waals surface area contributed by atoms with Crippen molar-refractivity contribution in [1.29, 1.82) is 0 Å². The molecule has 0 radical (unpaired) electrons. The summed E-state index contributed by atoms with van der Waals surface area (Å²) < 4.78 is 48.3. The highest BCUT2D eigenvalue weighted by molar-refractivity contribution is 5.79. The van der Waals surface area contributed by atoms with Crippen molar-refractivity contribution in [3.63, 3.8) is 0 Å². The minimum atomic E-state index is -4.38. The largest absolute Gasteiger partial charge is 0.491 e. The number of nitrogens with zero attached hydrogens (tertiary/aromatic N) is 1. The number of halogens is 3. The summed E-state index contributed by atoms with van der Waals surface area (Å²) in [7, 11) is 1.70. The first kappa shape index (κ1) is 24.3. The highest BCUT2D eigenvalue weighted by atomic mass is 19.4. The van der Waals surface area contributed by atoms with Gasteiger partial charge in [0.05, 0.1) is 5.56 Å². The van der Waals surface area contributed by atoms with Gasteiger partial charge < -0.3 is 25.2 Å². The summed E-state index contributed by atoms with van der Waals surface area (Å²) in [5, 5.41) is 16.4. The highest BCUT2D eigenvalue weighted by Gasteiger charge is 2.36. The van der Waals surface area contributed by atoms with Crippen LogP contribution in [-0.4, -0.2) is 57.1 Å². The number of ether oxygens (including phenoxy) is 2. The van der Waals surface area contributed by atoms with Crippen LogP contribution in [0.15, 0.2) is 29.3 Å². The lowest BCUT2D eigenvalue weighted by Gasteiger charge is -2.40. The molecule has 1 aromatic carbocycles. The Balaban J connectivity index is 1.79. The number of rotatable bonds is 11. The zero-order chi connectivity index (χ0) is 22.0. The molecule has 1 aromatic rings. The molecule has 1 atom stereocenters. The maximum Gasteiger partial charge on any atom is 0.416 e. The van der Waals surface area contributed by atoms with Crippen molar-refractivity contribution in [3.05, 3.63) is 29.8 Å². The van der Waals surface area contributed by atoms with Crippen LogP contribution in [0, 0.1) is 5.41 Å². The summed E-state index contributed by atoms with van der Waals surface area (Å²) >= 11 is 0. The van der Waals surface area contributed by atoms with Crippen molar-refractivity contribution in [2.45, 2.75) is 44.9 Å². The number of alkyl halides is 3. The number of hydrogen-bond acceptors (Lipinski definition) is 4. The molecule has 170 valence electrons. The Morgan fingerprint density at radius 2 is 1.93 bits per heavy atom. The molecule has 0 aromatic heterocycles. The predicted octanol–water partition coefficient (Wildman–Crippen LogP) is 3.21. The Morgan fingerprint density at radius 1 is 1.23 bits per heavy atom.